The first-order valence-corrected chi connectivity index (χ1v) is 16.4. The first-order valence-electron chi connectivity index (χ1n) is 16.4. The van der Waals surface area contributed by atoms with Crippen molar-refractivity contribution in [2.75, 3.05) is 4.90 Å². The van der Waals surface area contributed by atoms with Gasteiger partial charge in [-0.2, -0.15) is 0 Å². The summed E-state index contributed by atoms with van der Waals surface area (Å²) in [5, 5.41) is 0. The van der Waals surface area contributed by atoms with Gasteiger partial charge >= 0.3 is 0 Å². The van der Waals surface area contributed by atoms with Crippen molar-refractivity contribution in [2.24, 2.45) is 0 Å². The van der Waals surface area contributed by atoms with E-state index in [9.17, 15) is 0 Å². The fourth-order valence-electron chi connectivity index (χ4n) is 6.15. The Morgan fingerprint density at radius 3 is 1.65 bits per heavy atom. The second-order valence-electron chi connectivity index (χ2n) is 12.1. The summed E-state index contributed by atoms with van der Waals surface area (Å²) in [5.41, 5.74) is 12.6. The van der Waals surface area contributed by atoms with Gasteiger partial charge in [-0.15, -0.1) is 0 Å². The third-order valence-corrected chi connectivity index (χ3v) is 9.00. The Bertz CT molecular complexity index is 2330. The molecule has 0 radical (unpaired) electrons. The molecular weight excluding hydrogens is 589 g/mol. The molecule has 0 aliphatic heterocycles. The zero-order valence-corrected chi connectivity index (χ0v) is 26.9. The maximum Gasteiger partial charge on any atom is 0.227 e. The topological polar surface area (TPSA) is 55.1 Å². The van der Waals surface area contributed by atoms with Crippen LogP contribution in [0.4, 0.5) is 17.1 Å². The van der Waals surface area contributed by atoms with Crippen molar-refractivity contribution < 1.29 is 4.42 Å². The zero-order chi connectivity index (χ0) is 32.5. The lowest BCUT2D eigenvalue weighted by Crippen LogP contribution is -2.09. The van der Waals surface area contributed by atoms with Crippen LogP contribution < -0.4 is 4.90 Å². The Kier molecular flexibility index (Phi) is 7.71. The van der Waals surface area contributed by atoms with Gasteiger partial charge in [0.1, 0.15) is 5.52 Å². The Morgan fingerprint density at radius 2 is 1.04 bits per heavy atom. The normalized spacial score (nSPS) is 12.0. The highest BCUT2D eigenvalue weighted by Crippen LogP contribution is 2.38. The van der Waals surface area contributed by atoms with E-state index in [-0.39, 0.29) is 0 Å². The van der Waals surface area contributed by atoms with Gasteiger partial charge < -0.3 is 9.32 Å². The standard InChI is InChI=1S/C43H34N4O/c1-3-29(2)33-22-27-40-39(28-33)46-43(48-40)32-20-25-36(26-21-32)47(34-14-8-5-9-15-34)35-23-18-31(19-24-35)42-41(30-12-6-4-7-13-30)44-37-16-10-11-17-38(37)45-42/h4-29H,3H2,1-2H3. The van der Waals surface area contributed by atoms with Gasteiger partial charge in [-0.05, 0) is 90.7 Å². The second kappa shape index (κ2) is 12.6. The summed E-state index contributed by atoms with van der Waals surface area (Å²) in [6.45, 7) is 4.45. The smallest absolute Gasteiger partial charge is 0.227 e. The van der Waals surface area contributed by atoms with E-state index in [0.29, 0.717) is 11.8 Å². The fourth-order valence-corrected chi connectivity index (χ4v) is 6.15. The van der Waals surface area contributed by atoms with Crippen LogP contribution in [0.3, 0.4) is 0 Å². The third-order valence-electron chi connectivity index (χ3n) is 9.00. The SMILES string of the molecule is CCC(C)c1ccc2oc(-c3ccc(N(c4ccccc4)c4ccc(-c5nc6ccccc6nc5-c5ccccc5)cc4)cc3)nc2c1. The van der Waals surface area contributed by atoms with Crippen LogP contribution in [0.25, 0.3) is 56.1 Å². The number of benzene rings is 6. The Balaban J connectivity index is 1.15. The minimum atomic E-state index is 0.485. The quantitative estimate of drug-likeness (QED) is 0.169. The van der Waals surface area contributed by atoms with Gasteiger partial charge in [-0.25, -0.2) is 15.0 Å². The van der Waals surface area contributed by atoms with Crippen molar-refractivity contribution in [3.05, 3.63) is 157 Å². The predicted octanol–water partition coefficient (Wildman–Crippen LogP) is 11.8. The number of para-hydroxylation sites is 3. The Morgan fingerprint density at radius 1 is 0.521 bits per heavy atom. The molecule has 0 saturated heterocycles. The minimum absolute atomic E-state index is 0.485. The number of nitrogens with zero attached hydrogens (tertiary/aromatic N) is 4. The molecule has 2 heterocycles. The predicted molar refractivity (Wildman–Crippen MR) is 197 cm³/mol. The highest BCUT2D eigenvalue weighted by atomic mass is 16.3. The van der Waals surface area contributed by atoms with Crippen LogP contribution in [0.1, 0.15) is 31.7 Å². The molecule has 5 nitrogen and oxygen atoms in total. The van der Waals surface area contributed by atoms with Crippen LogP contribution in [-0.2, 0) is 0 Å². The van der Waals surface area contributed by atoms with Crippen molar-refractivity contribution in [3.8, 4) is 34.0 Å². The summed E-state index contributed by atoms with van der Waals surface area (Å²) in [7, 11) is 0. The average Bonchev–Trinajstić information content (AvgIpc) is 3.59. The fraction of sp³-hybridized carbons (Fsp3) is 0.0930. The molecule has 0 bridgehead atoms. The van der Waals surface area contributed by atoms with Crippen LogP contribution >= 0.6 is 0 Å². The summed E-state index contributed by atoms with van der Waals surface area (Å²) < 4.78 is 6.18. The largest absolute Gasteiger partial charge is 0.436 e. The van der Waals surface area contributed by atoms with Crippen LogP contribution in [0.15, 0.2) is 156 Å². The summed E-state index contributed by atoms with van der Waals surface area (Å²) in [6, 6.07) is 52.0. The molecule has 5 heteroatoms. The summed E-state index contributed by atoms with van der Waals surface area (Å²) in [6.07, 6.45) is 1.09. The maximum atomic E-state index is 6.18. The average molecular weight is 623 g/mol. The van der Waals surface area contributed by atoms with E-state index in [1.165, 1.54) is 5.56 Å². The first kappa shape index (κ1) is 29.3. The number of oxazole rings is 1. The van der Waals surface area contributed by atoms with Gasteiger partial charge in [0.15, 0.2) is 5.58 Å². The molecule has 0 aliphatic carbocycles. The molecule has 8 aromatic rings. The van der Waals surface area contributed by atoms with Gasteiger partial charge in [0.25, 0.3) is 0 Å². The van der Waals surface area contributed by atoms with Crippen molar-refractivity contribution in [1.29, 1.82) is 0 Å². The van der Waals surface area contributed by atoms with E-state index < -0.39 is 0 Å². The molecule has 0 saturated carbocycles. The van der Waals surface area contributed by atoms with Gasteiger partial charge in [-0.1, -0.05) is 92.7 Å². The van der Waals surface area contributed by atoms with Crippen molar-refractivity contribution >= 4 is 39.2 Å². The molecule has 1 unspecified atom stereocenters. The molecule has 6 aromatic carbocycles. The number of hydrogen-bond donors (Lipinski definition) is 0. The number of rotatable bonds is 8. The van der Waals surface area contributed by atoms with Crippen LogP contribution in [0.5, 0.6) is 0 Å². The van der Waals surface area contributed by atoms with Crippen molar-refractivity contribution in [1.82, 2.24) is 15.0 Å². The van der Waals surface area contributed by atoms with Gasteiger partial charge in [0.2, 0.25) is 5.89 Å². The number of aromatic nitrogens is 3. The van der Waals surface area contributed by atoms with Crippen molar-refractivity contribution in [3.63, 3.8) is 0 Å². The molecule has 2 aromatic heterocycles. The molecule has 0 spiro atoms. The molecule has 48 heavy (non-hydrogen) atoms. The number of fused-ring (bicyclic) bond motifs is 2. The van der Waals surface area contributed by atoms with E-state index in [1.54, 1.807) is 0 Å². The minimum Gasteiger partial charge on any atom is -0.436 e. The monoisotopic (exact) mass is 622 g/mol. The Hall–Kier alpha value is -6.07. The molecule has 0 fully saturated rings. The van der Waals surface area contributed by atoms with Crippen molar-refractivity contribution in [2.45, 2.75) is 26.2 Å². The van der Waals surface area contributed by atoms with Gasteiger partial charge in [0, 0.05) is 33.8 Å². The van der Waals surface area contributed by atoms with Crippen LogP contribution in [0.2, 0.25) is 0 Å². The van der Waals surface area contributed by atoms with Crippen LogP contribution in [0, 0.1) is 0 Å². The molecule has 232 valence electrons. The number of hydrogen-bond acceptors (Lipinski definition) is 5. The maximum absolute atomic E-state index is 6.18. The third kappa shape index (κ3) is 5.60. The Labute approximate surface area is 280 Å². The highest BCUT2D eigenvalue weighted by molar-refractivity contribution is 5.87. The lowest BCUT2D eigenvalue weighted by molar-refractivity contribution is 0.619. The molecular formula is C43H34N4O. The van der Waals surface area contributed by atoms with E-state index in [1.807, 2.05) is 54.6 Å². The highest BCUT2D eigenvalue weighted by Gasteiger charge is 2.17. The van der Waals surface area contributed by atoms with E-state index in [4.69, 9.17) is 19.4 Å². The van der Waals surface area contributed by atoms with E-state index >= 15 is 0 Å². The summed E-state index contributed by atoms with van der Waals surface area (Å²) in [4.78, 5) is 17.2. The van der Waals surface area contributed by atoms with E-state index in [0.717, 1.165) is 73.7 Å². The molecule has 0 N–H and O–H groups in total. The number of anilines is 3. The van der Waals surface area contributed by atoms with Gasteiger partial charge in [0.05, 0.1) is 22.4 Å². The molecule has 1 atom stereocenters. The van der Waals surface area contributed by atoms with Gasteiger partial charge in [-0.3, -0.25) is 0 Å². The summed E-state index contributed by atoms with van der Waals surface area (Å²) in [5.74, 6) is 1.11. The van der Waals surface area contributed by atoms with E-state index in [2.05, 4.69) is 116 Å². The zero-order valence-electron chi connectivity index (χ0n) is 26.9. The molecule has 8 rings (SSSR count). The lowest BCUT2D eigenvalue weighted by atomic mass is 9.98. The second-order valence-corrected chi connectivity index (χ2v) is 12.1. The summed E-state index contributed by atoms with van der Waals surface area (Å²) >= 11 is 0. The first-order chi connectivity index (χ1) is 23.6. The lowest BCUT2D eigenvalue weighted by Gasteiger charge is -2.25. The molecule has 0 aliphatic rings. The van der Waals surface area contributed by atoms with Crippen LogP contribution in [-0.4, -0.2) is 15.0 Å². The molecule has 0 amide bonds.